The molecule has 1 aromatic carbocycles. The molecule has 33 heavy (non-hydrogen) atoms. The van der Waals surface area contributed by atoms with Crippen molar-refractivity contribution in [2.45, 2.75) is 30.7 Å². The molecule has 1 unspecified atom stereocenters. The van der Waals surface area contributed by atoms with Crippen LogP contribution < -0.4 is 5.32 Å². The Morgan fingerprint density at radius 3 is 2.61 bits per heavy atom. The van der Waals surface area contributed by atoms with E-state index in [0.717, 1.165) is 12.7 Å². The molecule has 3 aromatic heterocycles. The molecule has 8 nitrogen and oxygen atoms in total. The molecule has 4 aromatic rings. The van der Waals surface area contributed by atoms with E-state index < -0.39 is 21.8 Å². The summed E-state index contributed by atoms with van der Waals surface area (Å²) in [5, 5.41) is 2.95. The minimum Gasteiger partial charge on any atom is -0.344 e. The molecule has 0 bridgehead atoms. The van der Waals surface area contributed by atoms with Gasteiger partial charge in [-0.3, -0.25) is 14.2 Å². The highest BCUT2D eigenvalue weighted by Gasteiger charge is 2.21. The summed E-state index contributed by atoms with van der Waals surface area (Å²) in [5.41, 5.74) is 1.96. The highest BCUT2D eigenvalue weighted by molar-refractivity contribution is 7.90. The van der Waals surface area contributed by atoms with Crippen LogP contribution in [0.25, 0.3) is 16.9 Å². The van der Waals surface area contributed by atoms with Gasteiger partial charge in [-0.05, 0) is 42.3 Å². The molecule has 0 spiro atoms. The fourth-order valence-electron chi connectivity index (χ4n) is 3.58. The lowest BCUT2D eigenvalue weighted by Gasteiger charge is -2.19. The molecule has 1 amide bonds. The van der Waals surface area contributed by atoms with Crippen LogP contribution in [0.1, 0.15) is 41.9 Å². The van der Waals surface area contributed by atoms with E-state index >= 15 is 0 Å². The van der Waals surface area contributed by atoms with Gasteiger partial charge >= 0.3 is 0 Å². The zero-order valence-corrected chi connectivity index (χ0v) is 18.9. The third-order valence-corrected chi connectivity index (χ3v) is 6.30. The van der Waals surface area contributed by atoms with Crippen LogP contribution in [0.2, 0.25) is 0 Å². The number of halogens is 1. The molecule has 0 aliphatic heterocycles. The van der Waals surface area contributed by atoms with Crippen molar-refractivity contribution in [3.8, 4) is 11.4 Å². The second-order valence-electron chi connectivity index (χ2n) is 7.66. The summed E-state index contributed by atoms with van der Waals surface area (Å²) in [5.74, 6) is -0.219. The molecule has 1 N–H and O–H groups in total. The topological polar surface area (TPSA) is 106 Å². The standard InChI is InChI=1S/C23H22FN5O3S/c1-3-4-19(16-11-18(13-25-12-16)33(2,31)32)28-23(30)21-20-14-27-22(29(20)10-9-26-21)15-5-7-17(24)8-6-15/h5-14,19H,3-4H2,1-2H3,(H,28,30). The summed E-state index contributed by atoms with van der Waals surface area (Å²) >= 11 is 0. The predicted molar refractivity (Wildman–Crippen MR) is 121 cm³/mol. The monoisotopic (exact) mass is 467 g/mol. The largest absolute Gasteiger partial charge is 0.344 e. The lowest BCUT2D eigenvalue weighted by atomic mass is 10.0. The number of amides is 1. The first-order valence-electron chi connectivity index (χ1n) is 10.3. The number of hydrogen-bond donors (Lipinski definition) is 1. The molecular weight excluding hydrogens is 445 g/mol. The summed E-state index contributed by atoms with van der Waals surface area (Å²) < 4.78 is 38.9. The van der Waals surface area contributed by atoms with Crippen LogP contribution in [0.15, 0.2) is 66.2 Å². The third kappa shape index (κ3) is 4.75. The molecule has 0 aliphatic carbocycles. The van der Waals surface area contributed by atoms with Crippen molar-refractivity contribution in [3.63, 3.8) is 0 Å². The second-order valence-corrected chi connectivity index (χ2v) is 9.68. The molecular formula is C23H22FN5O3S. The van der Waals surface area contributed by atoms with Gasteiger partial charge in [-0.1, -0.05) is 13.3 Å². The Morgan fingerprint density at radius 1 is 1.15 bits per heavy atom. The predicted octanol–water partition coefficient (Wildman–Crippen LogP) is 3.61. The number of hydrogen-bond acceptors (Lipinski definition) is 6. The average molecular weight is 468 g/mol. The van der Waals surface area contributed by atoms with Gasteiger partial charge in [0.05, 0.1) is 22.7 Å². The first-order valence-corrected chi connectivity index (χ1v) is 12.2. The fraction of sp³-hybridized carbons (Fsp3) is 0.217. The first-order chi connectivity index (χ1) is 15.8. The molecule has 0 fully saturated rings. The van der Waals surface area contributed by atoms with Gasteiger partial charge in [0.15, 0.2) is 15.5 Å². The van der Waals surface area contributed by atoms with Crippen LogP contribution in [0.3, 0.4) is 0 Å². The van der Waals surface area contributed by atoms with Crippen LogP contribution in [0.5, 0.6) is 0 Å². The van der Waals surface area contributed by atoms with Crippen LogP contribution in [-0.2, 0) is 9.84 Å². The van der Waals surface area contributed by atoms with E-state index in [1.807, 2.05) is 6.92 Å². The molecule has 0 saturated heterocycles. The normalized spacial score (nSPS) is 12.6. The number of carbonyl (C=O) groups excluding carboxylic acids is 1. The van der Waals surface area contributed by atoms with E-state index in [0.29, 0.717) is 28.9 Å². The van der Waals surface area contributed by atoms with E-state index in [2.05, 4.69) is 20.3 Å². The Bertz CT molecular complexity index is 1420. The van der Waals surface area contributed by atoms with Gasteiger partial charge in [0.1, 0.15) is 11.6 Å². The number of nitrogens with zero attached hydrogens (tertiary/aromatic N) is 4. The lowest BCUT2D eigenvalue weighted by Crippen LogP contribution is -2.29. The van der Waals surface area contributed by atoms with Gasteiger partial charge < -0.3 is 5.32 Å². The summed E-state index contributed by atoms with van der Waals surface area (Å²) in [6.07, 6.45) is 10.0. The van der Waals surface area contributed by atoms with Gasteiger partial charge in [-0.25, -0.2) is 22.8 Å². The Morgan fingerprint density at radius 2 is 1.91 bits per heavy atom. The van der Waals surface area contributed by atoms with Gasteiger partial charge in [-0.2, -0.15) is 0 Å². The van der Waals surface area contributed by atoms with Crippen molar-refractivity contribution in [1.29, 1.82) is 0 Å². The van der Waals surface area contributed by atoms with Crippen molar-refractivity contribution in [1.82, 2.24) is 24.7 Å². The molecule has 3 heterocycles. The molecule has 0 aliphatic rings. The number of rotatable bonds is 7. The maximum absolute atomic E-state index is 13.3. The molecule has 10 heteroatoms. The Labute approximate surface area is 190 Å². The number of imidazole rings is 1. The summed E-state index contributed by atoms with van der Waals surface area (Å²) in [6.45, 7) is 1.97. The SMILES string of the molecule is CCCC(NC(=O)c1nccn2c(-c3ccc(F)cc3)ncc12)c1cncc(S(C)(=O)=O)c1. The number of fused-ring (bicyclic) bond motifs is 1. The summed E-state index contributed by atoms with van der Waals surface area (Å²) in [6, 6.07) is 7.01. The maximum Gasteiger partial charge on any atom is 0.272 e. The van der Waals surface area contributed by atoms with Crippen molar-refractivity contribution in [2.24, 2.45) is 0 Å². The molecule has 170 valence electrons. The Balaban J connectivity index is 1.67. The summed E-state index contributed by atoms with van der Waals surface area (Å²) in [4.78, 5) is 26.0. The highest BCUT2D eigenvalue weighted by atomic mass is 32.2. The number of sulfone groups is 1. The van der Waals surface area contributed by atoms with E-state index in [-0.39, 0.29) is 16.4 Å². The fourth-order valence-corrected chi connectivity index (χ4v) is 4.18. The van der Waals surface area contributed by atoms with Crippen LogP contribution in [0, 0.1) is 5.82 Å². The second kappa shape index (κ2) is 9.07. The van der Waals surface area contributed by atoms with Gasteiger partial charge in [0.2, 0.25) is 0 Å². The van der Waals surface area contributed by atoms with Crippen molar-refractivity contribution >= 4 is 21.3 Å². The Kier molecular flexibility index (Phi) is 6.19. The lowest BCUT2D eigenvalue weighted by molar-refractivity contribution is 0.0930. The molecule has 0 radical (unpaired) electrons. The van der Waals surface area contributed by atoms with Gasteiger partial charge in [-0.15, -0.1) is 0 Å². The van der Waals surface area contributed by atoms with Crippen LogP contribution in [-0.4, -0.2) is 39.9 Å². The van der Waals surface area contributed by atoms with E-state index in [1.54, 1.807) is 35.1 Å². The number of pyridine rings is 1. The minimum absolute atomic E-state index is 0.0929. The van der Waals surface area contributed by atoms with Crippen molar-refractivity contribution < 1.29 is 17.6 Å². The van der Waals surface area contributed by atoms with Crippen molar-refractivity contribution in [3.05, 3.63) is 78.4 Å². The Hall–Kier alpha value is -3.66. The smallest absolute Gasteiger partial charge is 0.272 e. The summed E-state index contributed by atoms with van der Waals surface area (Å²) in [7, 11) is -3.43. The highest BCUT2D eigenvalue weighted by Crippen LogP contribution is 2.24. The first kappa shape index (κ1) is 22.5. The van der Waals surface area contributed by atoms with E-state index in [9.17, 15) is 17.6 Å². The quantitative estimate of drug-likeness (QED) is 0.445. The third-order valence-electron chi connectivity index (χ3n) is 5.22. The zero-order valence-electron chi connectivity index (χ0n) is 18.1. The maximum atomic E-state index is 13.3. The number of aromatic nitrogens is 4. The zero-order chi connectivity index (χ0) is 23.6. The van der Waals surface area contributed by atoms with Crippen molar-refractivity contribution in [2.75, 3.05) is 6.26 Å². The van der Waals surface area contributed by atoms with E-state index in [1.165, 1.54) is 30.6 Å². The minimum atomic E-state index is -3.43. The van der Waals surface area contributed by atoms with Gasteiger partial charge in [0.25, 0.3) is 5.91 Å². The molecule has 1 atom stereocenters. The number of nitrogens with one attached hydrogen (secondary N) is 1. The number of benzene rings is 1. The molecule has 0 saturated carbocycles. The van der Waals surface area contributed by atoms with E-state index in [4.69, 9.17) is 0 Å². The van der Waals surface area contributed by atoms with Crippen LogP contribution in [0.4, 0.5) is 4.39 Å². The van der Waals surface area contributed by atoms with Crippen LogP contribution >= 0.6 is 0 Å². The molecule has 4 rings (SSSR count). The average Bonchev–Trinajstić information content (AvgIpc) is 3.23. The van der Waals surface area contributed by atoms with Gasteiger partial charge in [0, 0.05) is 36.6 Å². The number of carbonyl (C=O) groups is 1.